The molecule has 1 aromatic heterocycles. The number of amides is 2. The van der Waals surface area contributed by atoms with E-state index in [2.05, 4.69) is 5.32 Å². The van der Waals surface area contributed by atoms with Gasteiger partial charge in [0.1, 0.15) is 0 Å². The van der Waals surface area contributed by atoms with Crippen molar-refractivity contribution >= 4 is 34.8 Å². The second-order valence-corrected chi connectivity index (χ2v) is 7.22. The molecule has 0 aliphatic carbocycles. The summed E-state index contributed by atoms with van der Waals surface area (Å²) in [6.45, 7) is 0.980. The standard InChI is InChI=1S/C21H16ClN3O5/c22-18-11-16(25(28)29)5-6-17(18)20(26)23-15-4-3-13-7-8-24(12-14(13)10-15)21(27)19-2-1-9-30-19/h1-6,9-11H,7-8,12H2,(H,23,26). The van der Waals surface area contributed by atoms with Crippen molar-refractivity contribution in [2.75, 3.05) is 11.9 Å². The van der Waals surface area contributed by atoms with Gasteiger partial charge in [-0.15, -0.1) is 0 Å². The predicted molar refractivity (Wildman–Crippen MR) is 110 cm³/mol. The van der Waals surface area contributed by atoms with Gasteiger partial charge in [-0.3, -0.25) is 19.7 Å². The Kier molecular flexibility index (Phi) is 5.24. The van der Waals surface area contributed by atoms with Crippen LogP contribution in [-0.4, -0.2) is 28.2 Å². The Morgan fingerprint density at radius 1 is 1.13 bits per heavy atom. The maximum Gasteiger partial charge on any atom is 0.289 e. The number of carbonyl (C=O) groups is 2. The molecule has 2 heterocycles. The lowest BCUT2D eigenvalue weighted by Gasteiger charge is -2.28. The molecule has 1 aliphatic heterocycles. The van der Waals surface area contributed by atoms with E-state index in [4.69, 9.17) is 16.0 Å². The van der Waals surface area contributed by atoms with Gasteiger partial charge in [-0.25, -0.2) is 0 Å². The molecule has 9 heteroatoms. The van der Waals surface area contributed by atoms with Crippen molar-refractivity contribution in [3.05, 3.63) is 92.4 Å². The monoisotopic (exact) mass is 425 g/mol. The summed E-state index contributed by atoms with van der Waals surface area (Å²) in [4.78, 5) is 37.0. The van der Waals surface area contributed by atoms with Crippen LogP contribution in [0, 0.1) is 10.1 Å². The zero-order chi connectivity index (χ0) is 21.3. The predicted octanol–water partition coefficient (Wildman–Crippen LogP) is 4.29. The van der Waals surface area contributed by atoms with Crippen LogP contribution in [0.4, 0.5) is 11.4 Å². The van der Waals surface area contributed by atoms with Crippen LogP contribution in [-0.2, 0) is 13.0 Å². The Morgan fingerprint density at radius 2 is 1.97 bits per heavy atom. The van der Waals surface area contributed by atoms with Gasteiger partial charge in [0.15, 0.2) is 5.76 Å². The summed E-state index contributed by atoms with van der Waals surface area (Å²) < 4.78 is 5.19. The summed E-state index contributed by atoms with van der Waals surface area (Å²) in [5, 5.41) is 13.6. The van der Waals surface area contributed by atoms with Crippen LogP contribution in [0.3, 0.4) is 0 Å². The van der Waals surface area contributed by atoms with E-state index in [1.807, 2.05) is 12.1 Å². The summed E-state index contributed by atoms with van der Waals surface area (Å²) in [5.74, 6) is -0.373. The molecule has 0 spiro atoms. The molecule has 0 fully saturated rings. The van der Waals surface area contributed by atoms with Crippen molar-refractivity contribution in [1.82, 2.24) is 4.90 Å². The smallest absolute Gasteiger partial charge is 0.289 e. The lowest BCUT2D eigenvalue weighted by molar-refractivity contribution is -0.384. The fraction of sp³-hybridized carbons (Fsp3) is 0.143. The number of carbonyl (C=O) groups excluding carboxylic acids is 2. The van der Waals surface area contributed by atoms with Gasteiger partial charge in [-0.1, -0.05) is 17.7 Å². The average Bonchev–Trinajstić information content (AvgIpc) is 3.27. The van der Waals surface area contributed by atoms with Gasteiger partial charge in [0, 0.05) is 30.9 Å². The molecule has 3 aromatic rings. The number of rotatable bonds is 4. The molecule has 0 saturated heterocycles. The highest BCUT2D eigenvalue weighted by Crippen LogP contribution is 2.26. The molecule has 2 aromatic carbocycles. The van der Waals surface area contributed by atoms with E-state index in [0.29, 0.717) is 25.2 Å². The number of halogens is 1. The van der Waals surface area contributed by atoms with Crippen molar-refractivity contribution < 1.29 is 18.9 Å². The van der Waals surface area contributed by atoms with Gasteiger partial charge in [0.25, 0.3) is 17.5 Å². The number of nitrogens with one attached hydrogen (secondary N) is 1. The fourth-order valence-electron chi connectivity index (χ4n) is 3.36. The Labute approximate surface area is 176 Å². The van der Waals surface area contributed by atoms with Crippen LogP contribution >= 0.6 is 11.6 Å². The lowest BCUT2D eigenvalue weighted by Crippen LogP contribution is -2.35. The van der Waals surface area contributed by atoms with E-state index >= 15 is 0 Å². The number of hydrogen-bond acceptors (Lipinski definition) is 5. The third-order valence-corrected chi connectivity index (χ3v) is 5.22. The molecule has 4 rings (SSSR count). The molecular formula is C21H16ClN3O5. The molecule has 1 N–H and O–H groups in total. The molecule has 152 valence electrons. The molecule has 0 atom stereocenters. The Hall–Kier alpha value is -3.65. The molecule has 1 aliphatic rings. The number of hydrogen-bond donors (Lipinski definition) is 1. The lowest BCUT2D eigenvalue weighted by atomic mass is 9.98. The molecule has 0 unspecified atom stereocenters. The van der Waals surface area contributed by atoms with E-state index < -0.39 is 10.8 Å². The molecule has 2 amide bonds. The first-order valence-electron chi connectivity index (χ1n) is 9.12. The number of nitro groups is 1. The zero-order valence-electron chi connectivity index (χ0n) is 15.6. The van der Waals surface area contributed by atoms with E-state index in [1.54, 1.807) is 23.1 Å². The van der Waals surface area contributed by atoms with Crippen LogP contribution in [0.1, 0.15) is 32.0 Å². The number of anilines is 1. The van der Waals surface area contributed by atoms with Crippen molar-refractivity contribution in [3.8, 4) is 0 Å². The van der Waals surface area contributed by atoms with Gasteiger partial charge in [0.05, 0.1) is 21.8 Å². The van der Waals surface area contributed by atoms with Crippen LogP contribution in [0.15, 0.2) is 59.2 Å². The molecule has 0 saturated carbocycles. The highest BCUT2D eigenvalue weighted by atomic mass is 35.5. The van der Waals surface area contributed by atoms with Gasteiger partial charge in [0.2, 0.25) is 0 Å². The number of nitro benzene ring substituents is 1. The van der Waals surface area contributed by atoms with Gasteiger partial charge in [-0.05, 0) is 47.9 Å². The largest absolute Gasteiger partial charge is 0.459 e. The number of non-ortho nitro benzene ring substituents is 1. The number of fused-ring (bicyclic) bond motifs is 1. The highest BCUT2D eigenvalue weighted by Gasteiger charge is 2.24. The molecule has 8 nitrogen and oxygen atoms in total. The minimum Gasteiger partial charge on any atom is -0.459 e. The summed E-state index contributed by atoms with van der Waals surface area (Å²) >= 11 is 6.03. The maximum absolute atomic E-state index is 12.6. The van der Waals surface area contributed by atoms with E-state index in [-0.39, 0.29) is 27.9 Å². The average molecular weight is 426 g/mol. The van der Waals surface area contributed by atoms with E-state index in [1.165, 1.54) is 18.4 Å². The maximum atomic E-state index is 12.6. The van der Waals surface area contributed by atoms with Crippen molar-refractivity contribution in [2.24, 2.45) is 0 Å². The van der Waals surface area contributed by atoms with Gasteiger partial charge < -0.3 is 14.6 Å². The number of furan rings is 1. The normalized spacial score (nSPS) is 12.9. The second kappa shape index (κ2) is 8.00. The number of nitrogens with zero attached hydrogens (tertiary/aromatic N) is 2. The van der Waals surface area contributed by atoms with Crippen molar-refractivity contribution in [3.63, 3.8) is 0 Å². The van der Waals surface area contributed by atoms with Gasteiger partial charge in [-0.2, -0.15) is 0 Å². The van der Waals surface area contributed by atoms with E-state index in [9.17, 15) is 19.7 Å². The van der Waals surface area contributed by atoms with Crippen LogP contribution in [0.5, 0.6) is 0 Å². The SMILES string of the molecule is O=C(Nc1ccc2c(c1)CN(C(=O)c1ccco1)CC2)c1ccc([N+](=O)[O-])cc1Cl. The molecule has 0 bridgehead atoms. The molecular weight excluding hydrogens is 410 g/mol. The summed E-state index contributed by atoms with van der Waals surface area (Å²) in [5.41, 5.74) is 2.51. The van der Waals surface area contributed by atoms with Gasteiger partial charge >= 0.3 is 0 Å². The zero-order valence-corrected chi connectivity index (χ0v) is 16.4. The van der Waals surface area contributed by atoms with E-state index in [0.717, 1.165) is 17.2 Å². The minimum absolute atomic E-state index is 0.00474. The van der Waals surface area contributed by atoms with Crippen molar-refractivity contribution in [2.45, 2.75) is 13.0 Å². The topological polar surface area (TPSA) is 106 Å². The third kappa shape index (κ3) is 3.90. The summed E-state index contributed by atoms with van der Waals surface area (Å²) in [7, 11) is 0. The fourth-order valence-corrected chi connectivity index (χ4v) is 3.63. The summed E-state index contributed by atoms with van der Waals surface area (Å²) in [6, 6.07) is 12.5. The first-order chi connectivity index (χ1) is 14.4. The Balaban J connectivity index is 1.51. The second-order valence-electron chi connectivity index (χ2n) is 6.81. The number of benzene rings is 2. The quantitative estimate of drug-likeness (QED) is 0.495. The summed E-state index contributed by atoms with van der Waals surface area (Å²) in [6.07, 6.45) is 2.16. The minimum atomic E-state index is -0.577. The Morgan fingerprint density at radius 3 is 2.67 bits per heavy atom. The van der Waals surface area contributed by atoms with Crippen molar-refractivity contribution in [1.29, 1.82) is 0 Å². The van der Waals surface area contributed by atoms with Crippen LogP contribution < -0.4 is 5.32 Å². The highest BCUT2D eigenvalue weighted by molar-refractivity contribution is 6.34. The first kappa shape index (κ1) is 19.7. The Bertz CT molecular complexity index is 1140. The van der Waals surface area contributed by atoms with Crippen LogP contribution in [0.25, 0.3) is 0 Å². The molecule has 0 radical (unpaired) electrons. The molecule has 30 heavy (non-hydrogen) atoms. The van der Waals surface area contributed by atoms with Crippen LogP contribution in [0.2, 0.25) is 5.02 Å². The first-order valence-corrected chi connectivity index (χ1v) is 9.50. The third-order valence-electron chi connectivity index (χ3n) is 4.90.